The number of carbonyl (C=O) groups excluding carboxylic acids is 1. The van der Waals surface area contributed by atoms with E-state index in [2.05, 4.69) is 45.4 Å². The number of carbonyl (C=O) groups is 1. The van der Waals surface area contributed by atoms with Gasteiger partial charge in [-0.25, -0.2) is 0 Å². The second-order valence-electron chi connectivity index (χ2n) is 6.83. The number of amides is 1. The van der Waals surface area contributed by atoms with E-state index in [0.29, 0.717) is 19.4 Å². The van der Waals surface area contributed by atoms with Crippen LogP contribution in [0.4, 0.5) is 5.69 Å². The Kier molecular flexibility index (Phi) is 7.11. The Morgan fingerprint density at radius 3 is 2.44 bits per heavy atom. The molecule has 5 nitrogen and oxygen atoms in total. The highest BCUT2D eigenvalue weighted by Crippen LogP contribution is 2.18. The fraction of sp³-hybridized carbons (Fsp3) is 0.409. The minimum atomic E-state index is 0.101. The van der Waals surface area contributed by atoms with Gasteiger partial charge in [-0.3, -0.25) is 9.69 Å². The Balaban J connectivity index is 1.32. The van der Waals surface area contributed by atoms with Crippen molar-refractivity contribution in [3.63, 3.8) is 0 Å². The average molecular weight is 367 g/mol. The molecule has 0 bridgehead atoms. The first-order valence-corrected chi connectivity index (χ1v) is 9.67. The van der Waals surface area contributed by atoms with E-state index in [1.54, 1.807) is 7.11 Å². The third-order valence-corrected chi connectivity index (χ3v) is 5.06. The van der Waals surface area contributed by atoms with E-state index in [-0.39, 0.29) is 5.91 Å². The predicted molar refractivity (Wildman–Crippen MR) is 109 cm³/mol. The molecular formula is C22H29N3O2. The van der Waals surface area contributed by atoms with E-state index in [0.717, 1.165) is 44.0 Å². The molecule has 0 unspecified atom stereocenters. The standard InChI is InChI=1S/C22H29N3O2/c1-27-21-10-6-5-7-19(21)11-12-22(26)23-13-14-24-15-17-25(18-16-24)20-8-3-2-4-9-20/h2-10H,11-18H2,1H3,(H,23,26). The summed E-state index contributed by atoms with van der Waals surface area (Å²) in [4.78, 5) is 17.0. The van der Waals surface area contributed by atoms with Gasteiger partial charge in [0.05, 0.1) is 7.11 Å². The maximum Gasteiger partial charge on any atom is 0.220 e. The Labute approximate surface area is 161 Å². The molecule has 144 valence electrons. The predicted octanol–water partition coefficient (Wildman–Crippen LogP) is 2.57. The molecule has 1 heterocycles. The number of hydrogen-bond acceptors (Lipinski definition) is 4. The molecule has 1 aliphatic rings. The van der Waals surface area contributed by atoms with Crippen LogP contribution < -0.4 is 15.0 Å². The van der Waals surface area contributed by atoms with E-state index in [4.69, 9.17) is 4.74 Å². The first-order chi connectivity index (χ1) is 13.3. The molecule has 1 N–H and O–H groups in total. The Morgan fingerprint density at radius 1 is 1.00 bits per heavy atom. The lowest BCUT2D eigenvalue weighted by Gasteiger charge is -2.36. The molecule has 1 amide bonds. The van der Waals surface area contributed by atoms with Crippen molar-refractivity contribution in [1.82, 2.24) is 10.2 Å². The van der Waals surface area contributed by atoms with Crippen LogP contribution >= 0.6 is 0 Å². The summed E-state index contributed by atoms with van der Waals surface area (Å²) in [5.41, 5.74) is 2.37. The first kappa shape index (κ1) is 19.2. The Morgan fingerprint density at radius 2 is 1.70 bits per heavy atom. The van der Waals surface area contributed by atoms with Crippen LogP contribution in [0.25, 0.3) is 0 Å². The molecule has 0 atom stereocenters. The van der Waals surface area contributed by atoms with Crippen LogP contribution in [0.2, 0.25) is 0 Å². The van der Waals surface area contributed by atoms with Crippen LogP contribution in [-0.4, -0.2) is 57.2 Å². The van der Waals surface area contributed by atoms with Crippen molar-refractivity contribution in [2.24, 2.45) is 0 Å². The van der Waals surface area contributed by atoms with Crippen molar-refractivity contribution < 1.29 is 9.53 Å². The fourth-order valence-electron chi connectivity index (χ4n) is 3.47. The van der Waals surface area contributed by atoms with Crippen LogP contribution in [0, 0.1) is 0 Å². The number of ether oxygens (including phenoxy) is 1. The van der Waals surface area contributed by atoms with Gasteiger partial charge < -0.3 is 15.0 Å². The van der Waals surface area contributed by atoms with Gasteiger partial charge in [0.2, 0.25) is 5.91 Å². The van der Waals surface area contributed by atoms with Crippen molar-refractivity contribution in [2.75, 3.05) is 51.3 Å². The number of para-hydroxylation sites is 2. The minimum Gasteiger partial charge on any atom is -0.496 e. The number of methoxy groups -OCH3 is 1. The number of nitrogens with zero attached hydrogens (tertiary/aromatic N) is 2. The molecule has 1 saturated heterocycles. The zero-order chi connectivity index (χ0) is 18.9. The van der Waals surface area contributed by atoms with E-state index < -0.39 is 0 Å². The van der Waals surface area contributed by atoms with Crippen LogP contribution in [0.1, 0.15) is 12.0 Å². The van der Waals surface area contributed by atoms with Gasteiger partial charge in [0.1, 0.15) is 5.75 Å². The number of piperazine rings is 1. The topological polar surface area (TPSA) is 44.8 Å². The Bertz CT molecular complexity index is 713. The molecular weight excluding hydrogens is 338 g/mol. The lowest BCUT2D eigenvalue weighted by Crippen LogP contribution is -2.48. The van der Waals surface area contributed by atoms with Gasteiger partial charge in [-0.05, 0) is 30.2 Å². The molecule has 2 aromatic rings. The summed E-state index contributed by atoms with van der Waals surface area (Å²) in [7, 11) is 1.66. The van der Waals surface area contributed by atoms with Crippen LogP contribution in [0.5, 0.6) is 5.75 Å². The van der Waals surface area contributed by atoms with E-state index in [1.165, 1.54) is 5.69 Å². The second kappa shape index (κ2) is 9.97. The van der Waals surface area contributed by atoms with Crippen molar-refractivity contribution in [1.29, 1.82) is 0 Å². The molecule has 0 spiro atoms. The summed E-state index contributed by atoms with van der Waals surface area (Å²) in [6.45, 7) is 5.74. The minimum absolute atomic E-state index is 0.101. The molecule has 1 aliphatic heterocycles. The fourth-order valence-corrected chi connectivity index (χ4v) is 3.47. The molecule has 1 fully saturated rings. The highest BCUT2D eigenvalue weighted by molar-refractivity contribution is 5.76. The van der Waals surface area contributed by atoms with Crippen LogP contribution in [-0.2, 0) is 11.2 Å². The SMILES string of the molecule is COc1ccccc1CCC(=O)NCCN1CCN(c2ccccc2)CC1. The van der Waals surface area contributed by atoms with Crippen molar-refractivity contribution >= 4 is 11.6 Å². The smallest absolute Gasteiger partial charge is 0.220 e. The third-order valence-electron chi connectivity index (χ3n) is 5.06. The average Bonchev–Trinajstić information content (AvgIpc) is 2.73. The summed E-state index contributed by atoms with van der Waals surface area (Å²) >= 11 is 0. The van der Waals surface area contributed by atoms with Gasteiger partial charge in [-0.2, -0.15) is 0 Å². The van der Waals surface area contributed by atoms with Crippen LogP contribution in [0.15, 0.2) is 54.6 Å². The highest BCUT2D eigenvalue weighted by atomic mass is 16.5. The van der Waals surface area contributed by atoms with E-state index in [1.807, 2.05) is 24.3 Å². The lowest BCUT2D eigenvalue weighted by atomic mass is 10.1. The number of rotatable bonds is 8. The normalized spacial score (nSPS) is 14.8. The molecule has 5 heteroatoms. The summed E-state index contributed by atoms with van der Waals surface area (Å²) in [5, 5.41) is 3.05. The van der Waals surface area contributed by atoms with E-state index >= 15 is 0 Å². The summed E-state index contributed by atoms with van der Waals surface area (Å²) in [6.07, 6.45) is 1.19. The molecule has 2 aromatic carbocycles. The maximum absolute atomic E-state index is 12.1. The summed E-state index contributed by atoms with van der Waals surface area (Å²) in [5.74, 6) is 0.949. The molecule has 0 radical (unpaired) electrons. The number of hydrogen-bond donors (Lipinski definition) is 1. The zero-order valence-electron chi connectivity index (χ0n) is 16.1. The first-order valence-electron chi connectivity index (χ1n) is 9.67. The number of nitrogens with one attached hydrogen (secondary N) is 1. The lowest BCUT2D eigenvalue weighted by molar-refractivity contribution is -0.121. The van der Waals surface area contributed by atoms with Gasteiger partial charge in [-0.15, -0.1) is 0 Å². The molecule has 0 saturated carbocycles. The number of anilines is 1. The van der Waals surface area contributed by atoms with Gasteiger partial charge in [0.25, 0.3) is 0 Å². The molecule has 0 aromatic heterocycles. The van der Waals surface area contributed by atoms with Crippen LogP contribution in [0.3, 0.4) is 0 Å². The van der Waals surface area contributed by atoms with Crippen molar-refractivity contribution in [2.45, 2.75) is 12.8 Å². The quantitative estimate of drug-likeness (QED) is 0.779. The van der Waals surface area contributed by atoms with E-state index in [9.17, 15) is 4.79 Å². The summed E-state index contributed by atoms with van der Waals surface area (Å²) < 4.78 is 5.34. The number of benzene rings is 2. The van der Waals surface area contributed by atoms with Crippen molar-refractivity contribution in [3.8, 4) is 5.75 Å². The van der Waals surface area contributed by atoms with Crippen molar-refractivity contribution in [3.05, 3.63) is 60.2 Å². The van der Waals surface area contributed by atoms with Gasteiger partial charge in [-0.1, -0.05) is 36.4 Å². The monoisotopic (exact) mass is 367 g/mol. The molecule has 3 rings (SSSR count). The maximum atomic E-state index is 12.1. The Hall–Kier alpha value is -2.53. The number of aryl methyl sites for hydroxylation is 1. The molecule has 27 heavy (non-hydrogen) atoms. The third kappa shape index (κ3) is 5.73. The molecule has 0 aliphatic carbocycles. The zero-order valence-corrected chi connectivity index (χ0v) is 16.1. The second-order valence-corrected chi connectivity index (χ2v) is 6.83. The van der Waals surface area contributed by atoms with Gasteiger partial charge in [0.15, 0.2) is 0 Å². The largest absolute Gasteiger partial charge is 0.496 e. The van der Waals surface area contributed by atoms with Gasteiger partial charge in [0, 0.05) is 51.4 Å². The highest BCUT2D eigenvalue weighted by Gasteiger charge is 2.16. The summed E-state index contributed by atoms with van der Waals surface area (Å²) in [6, 6.07) is 18.4. The van der Waals surface area contributed by atoms with Gasteiger partial charge >= 0.3 is 0 Å².